The maximum absolute atomic E-state index is 10.7. The van der Waals surface area contributed by atoms with Gasteiger partial charge in [-0.15, -0.1) is 0 Å². The lowest BCUT2D eigenvalue weighted by molar-refractivity contribution is 0.112. The van der Waals surface area contributed by atoms with Crippen molar-refractivity contribution in [3.63, 3.8) is 0 Å². The fraction of sp³-hybridized carbons (Fsp3) is 0.381. The molecule has 0 radical (unpaired) electrons. The highest BCUT2D eigenvalue weighted by molar-refractivity contribution is 9.10. The van der Waals surface area contributed by atoms with E-state index in [4.69, 9.17) is 9.47 Å². The summed E-state index contributed by atoms with van der Waals surface area (Å²) in [5, 5.41) is 0. The van der Waals surface area contributed by atoms with Crippen LogP contribution in [0.1, 0.15) is 21.5 Å². The third-order valence-electron chi connectivity index (χ3n) is 3.63. The van der Waals surface area contributed by atoms with Gasteiger partial charge in [0, 0.05) is 13.1 Å². The Hall–Kier alpha value is -1.89. The topological polar surface area (TPSA) is 42.0 Å². The third-order valence-corrected chi connectivity index (χ3v) is 4.25. The van der Waals surface area contributed by atoms with Gasteiger partial charge >= 0.3 is 0 Å². The first-order valence-corrected chi connectivity index (χ1v) is 9.34. The number of benzene rings is 2. The molecular formula is C21H29BrN2O3. The number of halogens is 1. The van der Waals surface area contributed by atoms with Gasteiger partial charge in [-0.3, -0.25) is 4.79 Å². The smallest absolute Gasteiger partial charge is 0.153 e. The Kier molecular flexibility index (Phi) is 10.1. The molecule has 6 heteroatoms. The number of carbonyl (C=O) groups is 1. The van der Waals surface area contributed by atoms with Crippen LogP contribution in [0, 0.1) is 0 Å². The van der Waals surface area contributed by atoms with E-state index in [2.05, 4.69) is 52.0 Å². The second-order valence-electron chi connectivity index (χ2n) is 6.64. The van der Waals surface area contributed by atoms with E-state index in [1.54, 1.807) is 14.2 Å². The standard InChI is InChI=1S/C11H15NO2.C10H14BrNO/c1-12(2)7-9-4-5-11(14-3)10(6-9)8-13;1-12(2)7-8-4-5-10(13-3)9(11)6-8/h4-6,8H,7H2,1-3H3;4-6H,7H2,1-3H3. The molecule has 0 fully saturated rings. The highest BCUT2D eigenvalue weighted by Gasteiger charge is 2.04. The van der Waals surface area contributed by atoms with Gasteiger partial charge in [0.2, 0.25) is 0 Å². The normalized spacial score (nSPS) is 10.4. The first-order chi connectivity index (χ1) is 12.8. The summed E-state index contributed by atoms with van der Waals surface area (Å²) in [6.45, 7) is 1.77. The number of aldehydes is 1. The second-order valence-corrected chi connectivity index (χ2v) is 7.49. The number of methoxy groups -OCH3 is 2. The zero-order valence-corrected chi connectivity index (χ0v) is 18.5. The van der Waals surface area contributed by atoms with Gasteiger partial charge in [-0.05, 0) is 79.5 Å². The molecule has 0 aliphatic carbocycles. The van der Waals surface area contributed by atoms with E-state index in [0.29, 0.717) is 11.3 Å². The molecule has 148 valence electrons. The molecule has 27 heavy (non-hydrogen) atoms. The van der Waals surface area contributed by atoms with Crippen LogP contribution >= 0.6 is 15.9 Å². The summed E-state index contributed by atoms with van der Waals surface area (Å²) in [4.78, 5) is 14.9. The molecule has 2 aromatic rings. The first kappa shape index (κ1) is 23.1. The molecule has 0 aliphatic rings. The minimum absolute atomic E-state index is 0.604. The van der Waals surface area contributed by atoms with Crippen molar-refractivity contribution in [3.8, 4) is 11.5 Å². The number of carbonyl (C=O) groups excluding carboxylic acids is 1. The van der Waals surface area contributed by atoms with Crippen molar-refractivity contribution in [2.45, 2.75) is 13.1 Å². The lowest BCUT2D eigenvalue weighted by Gasteiger charge is -2.11. The lowest BCUT2D eigenvalue weighted by atomic mass is 10.1. The minimum Gasteiger partial charge on any atom is -0.496 e. The molecule has 0 bridgehead atoms. The fourth-order valence-electron chi connectivity index (χ4n) is 2.51. The number of hydrogen-bond donors (Lipinski definition) is 0. The van der Waals surface area contributed by atoms with E-state index in [-0.39, 0.29) is 0 Å². The Morgan fingerprint density at radius 3 is 1.74 bits per heavy atom. The van der Waals surface area contributed by atoms with Gasteiger partial charge in [-0.2, -0.15) is 0 Å². The largest absolute Gasteiger partial charge is 0.496 e. The Morgan fingerprint density at radius 1 is 0.852 bits per heavy atom. The average Bonchev–Trinajstić information content (AvgIpc) is 2.61. The van der Waals surface area contributed by atoms with Crippen LogP contribution in [0.4, 0.5) is 0 Å². The van der Waals surface area contributed by atoms with Crippen molar-refractivity contribution in [3.05, 3.63) is 57.6 Å². The molecule has 0 aromatic heterocycles. The van der Waals surface area contributed by atoms with E-state index in [1.807, 2.05) is 38.4 Å². The van der Waals surface area contributed by atoms with E-state index in [9.17, 15) is 4.79 Å². The molecule has 0 aliphatic heterocycles. The number of ether oxygens (including phenoxy) is 2. The Balaban J connectivity index is 0.000000271. The van der Waals surface area contributed by atoms with Crippen LogP contribution in [0.2, 0.25) is 0 Å². The molecule has 2 rings (SSSR count). The van der Waals surface area contributed by atoms with Crippen molar-refractivity contribution < 1.29 is 14.3 Å². The van der Waals surface area contributed by atoms with E-state index >= 15 is 0 Å². The molecule has 0 N–H and O–H groups in total. The van der Waals surface area contributed by atoms with Crippen molar-refractivity contribution in [1.29, 1.82) is 0 Å². The second kappa shape index (κ2) is 11.7. The Bertz CT molecular complexity index is 733. The quantitative estimate of drug-likeness (QED) is 0.611. The van der Waals surface area contributed by atoms with Gasteiger partial charge in [0.15, 0.2) is 6.29 Å². The summed E-state index contributed by atoms with van der Waals surface area (Å²) in [5.41, 5.74) is 2.99. The van der Waals surface area contributed by atoms with Gasteiger partial charge in [0.1, 0.15) is 11.5 Å². The van der Waals surface area contributed by atoms with Crippen LogP contribution in [0.3, 0.4) is 0 Å². The van der Waals surface area contributed by atoms with Gasteiger partial charge in [0.05, 0.1) is 24.3 Å². The number of rotatable bonds is 7. The SMILES string of the molecule is COc1ccc(CN(C)C)cc1Br.COc1ccc(CN(C)C)cc1C=O. The number of nitrogens with zero attached hydrogens (tertiary/aromatic N) is 2. The molecule has 0 spiro atoms. The lowest BCUT2D eigenvalue weighted by Crippen LogP contribution is -2.10. The van der Waals surface area contributed by atoms with Gasteiger partial charge < -0.3 is 19.3 Å². The number of hydrogen-bond acceptors (Lipinski definition) is 5. The van der Waals surface area contributed by atoms with Crippen LogP contribution < -0.4 is 9.47 Å². The minimum atomic E-state index is 0.604. The molecule has 2 aromatic carbocycles. The Labute approximate surface area is 171 Å². The van der Waals surface area contributed by atoms with Crippen LogP contribution in [0.25, 0.3) is 0 Å². The zero-order chi connectivity index (χ0) is 20.4. The summed E-state index contributed by atoms with van der Waals surface area (Å²) < 4.78 is 11.2. The highest BCUT2D eigenvalue weighted by Crippen LogP contribution is 2.25. The molecule has 0 saturated carbocycles. The van der Waals surface area contributed by atoms with Gasteiger partial charge in [-0.25, -0.2) is 0 Å². The van der Waals surface area contributed by atoms with E-state index in [1.165, 1.54) is 5.56 Å². The molecule has 0 amide bonds. The average molecular weight is 437 g/mol. The summed E-state index contributed by atoms with van der Waals surface area (Å²) in [5.74, 6) is 1.50. The van der Waals surface area contributed by atoms with Crippen molar-refractivity contribution in [2.24, 2.45) is 0 Å². The molecule has 0 unspecified atom stereocenters. The summed E-state index contributed by atoms with van der Waals surface area (Å²) in [6.07, 6.45) is 0.817. The van der Waals surface area contributed by atoms with Gasteiger partial charge in [0.25, 0.3) is 0 Å². The monoisotopic (exact) mass is 436 g/mol. The molecule has 0 atom stereocenters. The maximum Gasteiger partial charge on any atom is 0.153 e. The molecule has 0 saturated heterocycles. The molecule has 0 heterocycles. The third kappa shape index (κ3) is 8.12. The summed E-state index contributed by atoms with van der Waals surface area (Å²) in [6, 6.07) is 11.8. The Morgan fingerprint density at radius 2 is 1.33 bits per heavy atom. The first-order valence-electron chi connectivity index (χ1n) is 8.54. The fourth-order valence-corrected chi connectivity index (χ4v) is 3.10. The predicted molar refractivity (Wildman–Crippen MR) is 114 cm³/mol. The van der Waals surface area contributed by atoms with E-state index in [0.717, 1.165) is 35.2 Å². The zero-order valence-electron chi connectivity index (χ0n) is 17.0. The maximum atomic E-state index is 10.7. The highest BCUT2D eigenvalue weighted by atomic mass is 79.9. The summed E-state index contributed by atoms with van der Waals surface area (Å²) >= 11 is 3.45. The van der Waals surface area contributed by atoms with Crippen molar-refractivity contribution >= 4 is 22.2 Å². The van der Waals surface area contributed by atoms with Crippen LogP contribution in [-0.2, 0) is 13.1 Å². The summed E-state index contributed by atoms with van der Waals surface area (Å²) in [7, 11) is 11.3. The van der Waals surface area contributed by atoms with Crippen molar-refractivity contribution in [2.75, 3.05) is 42.4 Å². The van der Waals surface area contributed by atoms with Crippen molar-refractivity contribution in [1.82, 2.24) is 9.80 Å². The van der Waals surface area contributed by atoms with E-state index < -0.39 is 0 Å². The molecule has 5 nitrogen and oxygen atoms in total. The van der Waals surface area contributed by atoms with Crippen LogP contribution in [-0.4, -0.2) is 58.5 Å². The molecular weight excluding hydrogens is 408 g/mol. The van der Waals surface area contributed by atoms with Crippen LogP contribution in [0.5, 0.6) is 11.5 Å². The predicted octanol–water partition coefficient (Wildman–Crippen LogP) is 4.09. The van der Waals surface area contributed by atoms with Crippen LogP contribution in [0.15, 0.2) is 40.9 Å². The van der Waals surface area contributed by atoms with Gasteiger partial charge in [-0.1, -0.05) is 12.1 Å².